The van der Waals surface area contributed by atoms with Gasteiger partial charge in [-0.25, -0.2) is 17.6 Å². The van der Waals surface area contributed by atoms with Gasteiger partial charge in [0.15, 0.2) is 29.6 Å². The van der Waals surface area contributed by atoms with E-state index < -0.39 is 34.4 Å². The van der Waals surface area contributed by atoms with Gasteiger partial charge in [0.1, 0.15) is 0 Å². The molecule has 0 atom stereocenters. The third-order valence-corrected chi connectivity index (χ3v) is 1.63. The van der Waals surface area contributed by atoms with Crippen LogP contribution in [0.1, 0.15) is 15.9 Å². The van der Waals surface area contributed by atoms with Crippen LogP contribution in [-0.2, 0) is 0 Å². The molecule has 0 fully saturated rings. The van der Waals surface area contributed by atoms with Crippen molar-refractivity contribution in [2.45, 2.75) is 6.92 Å². The van der Waals surface area contributed by atoms with Crippen LogP contribution in [0.3, 0.4) is 0 Å². The minimum absolute atomic E-state index is 0.268. The van der Waals surface area contributed by atoms with Crippen molar-refractivity contribution < 1.29 is 22.4 Å². The first-order valence-electron chi connectivity index (χ1n) is 3.28. The summed E-state index contributed by atoms with van der Waals surface area (Å²) in [6.07, 6.45) is -0.268. The average Bonchev–Trinajstić information content (AvgIpc) is 2.13. The van der Waals surface area contributed by atoms with Crippen molar-refractivity contribution in [2.75, 3.05) is 0 Å². The zero-order chi connectivity index (χ0) is 10.2. The van der Waals surface area contributed by atoms with Crippen LogP contribution in [0.25, 0.3) is 0 Å². The molecular weight excluding hydrogens is 188 g/mol. The van der Waals surface area contributed by atoms with E-state index in [-0.39, 0.29) is 6.29 Å². The Bertz CT molecular complexity index is 344. The van der Waals surface area contributed by atoms with E-state index in [2.05, 4.69) is 0 Å². The van der Waals surface area contributed by atoms with Gasteiger partial charge < -0.3 is 0 Å². The largest absolute Gasteiger partial charge is 0.298 e. The third kappa shape index (κ3) is 1.30. The Kier molecular flexibility index (Phi) is 2.36. The van der Waals surface area contributed by atoms with Crippen molar-refractivity contribution in [1.82, 2.24) is 0 Å². The van der Waals surface area contributed by atoms with Gasteiger partial charge in [-0.05, 0) is 6.92 Å². The van der Waals surface area contributed by atoms with Gasteiger partial charge in [0.2, 0.25) is 0 Å². The van der Waals surface area contributed by atoms with Gasteiger partial charge in [0.05, 0.1) is 5.56 Å². The summed E-state index contributed by atoms with van der Waals surface area (Å²) in [5.41, 5.74) is -2.00. The highest BCUT2D eigenvalue weighted by Crippen LogP contribution is 2.21. The van der Waals surface area contributed by atoms with Crippen LogP contribution in [0.4, 0.5) is 17.6 Å². The molecule has 1 rings (SSSR count). The van der Waals surface area contributed by atoms with E-state index in [9.17, 15) is 22.4 Å². The first kappa shape index (κ1) is 9.70. The zero-order valence-corrected chi connectivity index (χ0v) is 6.50. The maximum Gasteiger partial charge on any atom is 0.172 e. The Morgan fingerprint density at radius 2 is 1.31 bits per heavy atom. The molecule has 0 aliphatic heterocycles. The highest BCUT2D eigenvalue weighted by atomic mass is 19.2. The first-order valence-corrected chi connectivity index (χ1v) is 3.28. The van der Waals surface area contributed by atoms with E-state index in [1.807, 2.05) is 0 Å². The quantitative estimate of drug-likeness (QED) is 0.379. The Labute approximate surface area is 71.0 Å². The maximum atomic E-state index is 12.7. The molecule has 1 aromatic rings. The predicted molar refractivity (Wildman–Crippen MR) is 36.4 cm³/mol. The molecule has 0 bridgehead atoms. The lowest BCUT2D eigenvalue weighted by molar-refractivity contribution is 0.111. The van der Waals surface area contributed by atoms with Crippen LogP contribution < -0.4 is 0 Å². The van der Waals surface area contributed by atoms with Gasteiger partial charge in [-0.3, -0.25) is 4.79 Å². The van der Waals surface area contributed by atoms with Gasteiger partial charge >= 0.3 is 0 Å². The Morgan fingerprint density at radius 3 is 1.62 bits per heavy atom. The fourth-order valence-corrected chi connectivity index (χ4v) is 0.862. The summed E-state index contributed by atoms with van der Waals surface area (Å²) in [6, 6.07) is 0. The summed E-state index contributed by atoms with van der Waals surface area (Å²) in [5, 5.41) is 0. The molecule has 0 N–H and O–H groups in total. The molecular formula is C8H4F4O. The Balaban J connectivity index is 3.66. The number of benzene rings is 1. The van der Waals surface area contributed by atoms with E-state index in [4.69, 9.17) is 0 Å². The van der Waals surface area contributed by atoms with Crippen LogP contribution in [0.5, 0.6) is 0 Å². The standard InChI is InChI=1S/C8H4F4O/c1-3-5(9)7(11)4(2-13)8(12)6(3)10/h2H,1H3. The van der Waals surface area contributed by atoms with Crippen molar-refractivity contribution in [3.63, 3.8) is 0 Å². The van der Waals surface area contributed by atoms with Gasteiger partial charge in [0, 0.05) is 5.56 Å². The molecule has 0 aliphatic carbocycles. The van der Waals surface area contributed by atoms with E-state index >= 15 is 0 Å². The van der Waals surface area contributed by atoms with Crippen molar-refractivity contribution >= 4 is 6.29 Å². The summed E-state index contributed by atoms with van der Waals surface area (Å²) < 4.78 is 50.7. The molecule has 0 saturated carbocycles. The van der Waals surface area contributed by atoms with Crippen LogP contribution in [0.15, 0.2) is 0 Å². The molecule has 0 heterocycles. The lowest BCUT2D eigenvalue weighted by Gasteiger charge is -2.03. The normalized spacial score (nSPS) is 10.2. The Hall–Kier alpha value is -1.39. The number of hydrogen-bond donors (Lipinski definition) is 0. The Morgan fingerprint density at radius 1 is 0.923 bits per heavy atom. The SMILES string of the molecule is Cc1c(F)c(F)c(C=O)c(F)c1F. The van der Waals surface area contributed by atoms with Gasteiger partial charge in [0.25, 0.3) is 0 Å². The summed E-state index contributed by atoms with van der Waals surface area (Å²) in [7, 11) is 0. The number of carbonyl (C=O) groups excluding carboxylic acids is 1. The number of aldehydes is 1. The molecule has 1 aromatic carbocycles. The van der Waals surface area contributed by atoms with Crippen molar-refractivity contribution in [3.8, 4) is 0 Å². The van der Waals surface area contributed by atoms with E-state index in [0.717, 1.165) is 6.92 Å². The average molecular weight is 192 g/mol. The molecule has 0 unspecified atom stereocenters. The lowest BCUT2D eigenvalue weighted by atomic mass is 10.1. The summed E-state index contributed by atoms with van der Waals surface area (Å²) in [5.74, 6) is -6.40. The maximum absolute atomic E-state index is 12.7. The highest BCUT2D eigenvalue weighted by Gasteiger charge is 2.22. The molecule has 0 amide bonds. The number of rotatable bonds is 1. The fraction of sp³-hybridized carbons (Fsp3) is 0.125. The van der Waals surface area contributed by atoms with E-state index in [0.29, 0.717) is 0 Å². The van der Waals surface area contributed by atoms with Gasteiger partial charge in [-0.15, -0.1) is 0 Å². The molecule has 1 nitrogen and oxygen atoms in total. The summed E-state index contributed by atoms with van der Waals surface area (Å²) >= 11 is 0. The number of hydrogen-bond acceptors (Lipinski definition) is 1. The summed E-state index contributed by atoms with van der Waals surface area (Å²) in [6.45, 7) is 0.880. The number of halogens is 4. The lowest BCUT2D eigenvalue weighted by Crippen LogP contribution is -2.05. The molecule has 70 valence electrons. The van der Waals surface area contributed by atoms with Crippen molar-refractivity contribution in [3.05, 3.63) is 34.4 Å². The molecule has 0 saturated heterocycles. The van der Waals surface area contributed by atoms with Gasteiger partial charge in [-0.1, -0.05) is 0 Å². The second kappa shape index (κ2) is 3.16. The van der Waals surface area contributed by atoms with Crippen molar-refractivity contribution in [2.24, 2.45) is 0 Å². The van der Waals surface area contributed by atoms with Crippen molar-refractivity contribution in [1.29, 1.82) is 0 Å². The van der Waals surface area contributed by atoms with Crippen LogP contribution in [-0.4, -0.2) is 6.29 Å². The minimum Gasteiger partial charge on any atom is -0.298 e. The van der Waals surface area contributed by atoms with E-state index in [1.54, 1.807) is 0 Å². The smallest absolute Gasteiger partial charge is 0.172 e. The topological polar surface area (TPSA) is 17.1 Å². The second-order valence-corrected chi connectivity index (χ2v) is 2.41. The molecule has 5 heteroatoms. The van der Waals surface area contributed by atoms with Gasteiger partial charge in [-0.2, -0.15) is 0 Å². The fourth-order valence-electron chi connectivity index (χ4n) is 0.862. The third-order valence-electron chi connectivity index (χ3n) is 1.63. The van der Waals surface area contributed by atoms with Crippen LogP contribution >= 0.6 is 0 Å². The molecule has 0 radical (unpaired) electrons. The predicted octanol–water partition coefficient (Wildman–Crippen LogP) is 2.36. The number of carbonyl (C=O) groups is 1. The highest BCUT2D eigenvalue weighted by molar-refractivity contribution is 5.76. The monoisotopic (exact) mass is 192 g/mol. The molecule has 13 heavy (non-hydrogen) atoms. The van der Waals surface area contributed by atoms with Crippen LogP contribution in [0, 0.1) is 30.2 Å². The molecule has 0 spiro atoms. The molecule has 0 aromatic heterocycles. The molecule has 0 aliphatic rings. The second-order valence-electron chi connectivity index (χ2n) is 2.41. The van der Waals surface area contributed by atoms with Crippen LogP contribution in [0.2, 0.25) is 0 Å². The minimum atomic E-state index is -1.66. The van der Waals surface area contributed by atoms with E-state index in [1.165, 1.54) is 0 Å². The summed E-state index contributed by atoms with van der Waals surface area (Å²) in [4.78, 5) is 10.1. The zero-order valence-electron chi connectivity index (χ0n) is 6.50. The first-order chi connectivity index (χ1) is 6.00.